The van der Waals surface area contributed by atoms with E-state index >= 15 is 0 Å². The number of rotatable bonds is 2. The van der Waals surface area contributed by atoms with Gasteiger partial charge in [-0.25, -0.2) is 4.98 Å². The SMILES string of the molecule is Cc1cccc(C(=O)c2cc(N)c3ccccc3n2)c1C. The maximum absolute atomic E-state index is 12.7. The zero-order valence-electron chi connectivity index (χ0n) is 12.1. The number of hydrogen-bond acceptors (Lipinski definition) is 3. The van der Waals surface area contributed by atoms with Crippen LogP contribution in [0.5, 0.6) is 0 Å². The lowest BCUT2D eigenvalue weighted by Crippen LogP contribution is -2.08. The molecular weight excluding hydrogens is 260 g/mol. The molecule has 0 saturated carbocycles. The van der Waals surface area contributed by atoms with E-state index < -0.39 is 0 Å². The van der Waals surface area contributed by atoms with Crippen LogP contribution in [0.15, 0.2) is 48.5 Å². The molecule has 0 radical (unpaired) electrons. The zero-order chi connectivity index (χ0) is 15.0. The number of hydrogen-bond donors (Lipinski definition) is 1. The van der Waals surface area contributed by atoms with E-state index in [1.807, 2.05) is 56.3 Å². The normalized spacial score (nSPS) is 10.8. The number of para-hydroxylation sites is 1. The van der Waals surface area contributed by atoms with Gasteiger partial charge in [0.05, 0.1) is 5.52 Å². The topological polar surface area (TPSA) is 56.0 Å². The first kappa shape index (κ1) is 13.3. The molecule has 3 heteroatoms. The lowest BCUT2D eigenvalue weighted by molar-refractivity contribution is 0.103. The third kappa shape index (κ3) is 2.27. The number of ketones is 1. The Hall–Kier alpha value is -2.68. The summed E-state index contributed by atoms with van der Waals surface area (Å²) in [7, 11) is 0. The Kier molecular flexibility index (Phi) is 3.18. The molecule has 0 aliphatic carbocycles. The van der Waals surface area contributed by atoms with Crippen LogP contribution in [-0.2, 0) is 0 Å². The molecular formula is C18H16N2O. The Morgan fingerprint density at radius 3 is 2.62 bits per heavy atom. The van der Waals surface area contributed by atoms with Gasteiger partial charge in [-0.2, -0.15) is 0 Å². The number of nitrogens with two attached hydrogens (primary N) is 1. The van der Waals surface area contributed by atoms with E-state index in [4.69, 9.17) is 5.73 Å². The molecule has 2 N–H and O–H groups in total. The van der Waals surface area contributed by atoms with E-state index in [-0.39, 0.29) is 5.78 Å². The van der Waals surface area contributed by atoms with Crippen molar-refractivity contribution in [3.63, 3.8) is 0 Å². The number of aryl methyl sites for hydroxylation is 1. The first-order valence-corrected chi connectivity index (χ1v) is 6.84. The van der Waals surface area contributed by atoms with Crippen molar-refractivity contribution in [2.75, 3.05) is 5.73 Å². The average Bonchev–Trinajstić information content (AvgIpc) is 2.49. The summed E-state index contributed by atoms with van der Waals surface area (Å²) in [6, 6.07) is 14.9. The van der Waals surface area contributed by atoms with Gasteiger partial charge in [0.15, 0.2) is 0 Å². The van der Waals surface area contributed by atoms with E-state index in [1.165, 1.54) is 0 Å². The fraction of sp³-hybridized carbons (Fsp3) is 0.111. The molecule has 0 spiro atoms. The van der Waals surface area contributed by atoms with E-state index in [2.05, 4.69) is 4.98 Å². The smallest absolute Gasteiger partial charge is 0.211 e. The molecule has 2 aromatic carbocycles. The highest BCUT2D eigenvalue weighted by Crippen LogP contribution is 2.23. The number of benzene rings is 2. The molecule has 0 saturated heterocycles. The third-order valence-electron chi connectivity index (χ3n) is 3.83. The minimum absolute atomic E-state index is 0.0892. The first-order valence-electron chi connectivity index (χ1n) is 6.84. The molecule has 3 nitrogen and oxygen atoms in total. The fourth-order valence-corrected chi connectivity index (χ4v) is 2.45. The molecule has 0 aliphatic heterocycles. The van der Waals surface area contributed by atoms with Crippen molar-refractivity contribution in [2.45, 2.75) is 13.8 Å². The maximum Gasteiger partial charge on any atom is 0.211 e. The van der Waals surface area contributed by atoms with Gasteiger partial charge < -0.3 is 5.73 Å². The second kappa shape index (κ2) is 5.02. The van der Waals surface area contributed by atoms with Crippen molar-refractivity contribution in [3.05, 3.63) is 70.9 Å². The largest absolute Gasteiger partial charge is 0.398 e. The van der Waals surface area contributed by atoms with Gasteiger partial charge in [0, 0.05) is 16.6 Å². The van der Waals surface area contributed by atoms with Gasteiger partial charge in [0.25, 0.3) is 0 Å². The summed E-state index contributed by atoms with van der Waals surface area (Å²) in [5.74, 6) is -0.0892. The van der Waals surface area contributed by atoms with Crippen LogP contribution in [0.4, 0.5) is 5.69 Å². The molecule has 1 aromatic heterocycles. The molecule has 0 fully saturated rings. The van der Waals surface area contributed by atoms with Crippen LogP contribution in [-0.4, -0.2) is 10.8 Å². The second-order valence-electron chi connectivity index (χ2n) is 5.19. The van der Waals surface area contributed by atoms with Crippen LogP contribution in [0, 0.1) is 13.8 Å². The van der Waals surface area contributed by atoms with Crippen molar-refractivity contribution in [3.8, 4) is 0 Å². The summed E-state index contributed by atoms with van der Waals surface area (Å²) in [6.45, 7) is 3.95. The third-order valence-corrected chi connectivity index (χ3v) is 3.83. The summed E-state index contributed by atoms with van der Waals surface area (Å²) in [6.07, 6.45) is 0. The second-order valence-corrected chi connectivity index (χ2v) is 5.19. The highest BCUT2D eigenvalue weighted by atomic mass is 16.1. The molecule has 0 unspecified atom stereocenters. The minimum Gasteiger partial charge on any atom is -0.398 e. The van der Waals surface area contributed by atoms with Gasteiger partial charge in [-0.3, -0.25) is 4.79 Å². The standard InChI is InChI=1S/C18H16N2O/c1-11-6-5-8-13(12(11)2)18(21)17-10-15(19)14-7-3-4-9-16(14)20-17/h3-10H,1-2H3,(H2,19,20). The highest BCUT2D eigenvalue weighted by molar-refractivity contribution is 6.10. The van der Waals surface area contributed by atoms with Crippen LogP contribution in [0.1, 0.15) is 27.2 Å². The highest BCUT2D eigenvalue weighted by Gasteiger charge is 2.15. The molecule has 3 aromatic rings. The Balaban J connectivity index is 2.16. The summed E-state index contributed by atoms with van der Waals surface area (Å²) in [5.41, 5.74) is 10.5. The number of nitrogens with zero attached hydrogens (tertiary/aromatic N) is 1. The van der Waals surface area contributed by atoms with Crippen molar-refractivity contribution in [2.24, 2.45) is 0 Å². The molecule has 3 rings (SSSR count). The van der Waals surface area contributed by atoms with Crippen LogP contribution in [0.2, 0.25) is 0 Å². The van der Waals surface area contributed by atoms with Crippen LogP contribution >= 0.6 is 0 Å². The lowest BCUT2D eigenvalue weighted by atomic mass is 9.98. The van der Waals surface area contributed by atoms with Crippen LogP contribution in [0.25, 0.3) is 10.9 Å². The van der Waals surface area contributed by atoms with E-state index in [1.54, 1.807) is 6.07 Å². The molecule has 0 bridgehead atoms. The summed E-state index contributed by atoms with van der Waals surface area (Å²) >= 11 is 0. The van der Waals surface area contributed by atoms with Crippen molar-refractivity contribution in [1.29, 1.82) is 0 Å². The Labute approximate surface area is 123 Å². The van der Waals surface area contributed by atoms with Gasteiger partial charge in [0.1, 0.15) is 5.69 Å². The number of carbonyl (C=O) groups excluding carboxylic acids is 1. The van der Waals surface area contributed by atoms with Crippen molar-refractivity contribution >= 4 is 22.4 Å². The molecule has 0 atom stereocenters. The van der Waals surface area contributed by atoms with Gasteiger partial charge in [-0.05, 0) is 37.1 Å². The quantitative estimate of drug-likeness (QED) is 0.727. The van der Waals surface area contributed by atoms with Crippen LogP contribution < -0.4 is 5.73 Å². The maximum atomic E-state index is 12.7. The van der Waals surface area contributed by atoms with Crippen molar-refractivity contribution in [1.82, 2.24) is 4.98 Å². The van der Waals surface area contributed by atoms with Gasteiger partial charge >= 0.3 is 0 Å². The van der Waals surface area contributed by atoms with Gasteiger partial charge in [-0.15, -0.1) is 0 Å². The lowest BCUT2D eigenvalue weighted by Gasteiger charge is -2.09. The van der Waals surface area contributed by atoms with E-state index in [9.17, 15) is 4.79 Å². The predicted molar refractivity (Wildman–Crippen MR) is 85.5 cm³/mol. The van der Waals surface area contributed by atoms with Crippen molar-refractivity contribution < 1.29 is 4.79 Å². The number of fused-ring (bicyclic) bond motifs is 1. The predicted octanol–water partition coefficient (Wildman–Crippen LogP) is 3.66. The summed E-state index contributed by atoms with van der Waals surface area (Å²) in [5, 5.41) is 0.870. The zero-order valence-corrected chi connectivity index (χ0v) is 12.1. The first-order chi connectivity index (χ1) is 10.1. The Morgan fingerprint density at radius 1 is 1.05 bits per heavy atom. The summed E-state index contributed by atoms with van der Waals surface area (Å²) in [4.78, 5) is 17.2. The van der Waals surface area contributed by atoms with Gasteiger partial charge in [-0.1, -0.05) is 36.4 Å². The summed E-state index contributed by atoms with van der Waals surface area (Å²) < 4.78 is 0. The Bertz CT molecular complexity index is 853. The average molecular weight is 276 g/mol. The van der Waals surface area contributed by atoms with E-state index in [0.29, 0.717) is 16.9 Å². The number of aromatic nitrogens is 1. The van der Waals surface area contributed by atoms with Gasteiger partial charge in [0.2, 0.25) is 5.78 Å². The number of pyridine rings is 1. The molecule has 0 aliphatic rings. The molecule has 21 heavy (non-hydrogen) atoms. The van der Waals surface area contributed by atoms with Crippen LogP contribution in [0.3, 0.4) is 0 Å². The van der Waals surface area contributed by atoms with E-state index in [0.717, 1.165) is 22.0 Å². The number of carbonyl (C=O) groups is 1. The molecule has 0 amide bonds. The number of nitrogen functional groups attached to an aromatic ring is 1. The minimum atomic E-state index is -0.0892. The number of anilines is 1. The fourth-order valence-electron chi connectivity index (χ4n) is 2.45. The Morgan fingerprint density at radius 2 is 1.81 bits per heavy atom. The molecule has 1 heterocycles. The monoisotopic (exact) mass is 276 g/mol. The molecule has 104 valence electrons.